The van der Waals surface area contributed by atoms with Gasteiger partial charge in [-0.05, 0) is 12.1 Å². The van der Waals surface area contributed by atoms with Gasteiger partial charge in [-0.15, -0.1) is 0 Å². The Morgan fingerprint density at radius 2 is 1.73 bits per heavy atom. The van der Waals surface area contributed by atoms with E-state index < -0.39 is 8.80 Å². The van der Waals surface area contributed by atoms with Crippen LogP contribution in [0.25, 0.3) is 0 Å². The van der Waals surface area contributed by atoms with E-state index in [0.29, 0.717) is 10.0 Å². The molecule has 0 aliphatic heterocycles. The molecule has 0 heterocycles. The number of benzene rings is 1. The van der Waals surface area contributed by atoms with E-state index in [-0.39, 0.29) is 0 Å². The highest BCUT2D eigenvalue weighted by molar-refractivity contribution is 6.71. The molecule has 0 N–H and O–H groups in total. The predicted octanol–water partition coefficient (Wildman–Crippen LogP) is 2.69. The normalized spacial score (nSPS) is 10.6. The van der Waals surface area contributed by atoms with E-state index in [0.717, 1.165) is 0 Å². The van der Waals surface area contributed by atoms with E-state index in [4.69, 9.17) is 23.2 Å². The van der Waals surface area contributed by atoms with Gasteiger partial charge >= 0.3 is 0 Å². The molecule has 0 unspecified atom stereocenters. The lowest BCUT2D eigenvalue weighted by Gasteiger charge is -2.04. The molecule has 1 rings (SSSR count). The van der Waals surface area contributed by atoms with Crippen molar-refractivity contribution >= 4 is 37.2 Å². The maximum Gasteiger partial charge on any atom is 0.0648 e. The predicted molar refractivity (Wildman–Crippen MR) is 55.0 cm³/mol. The summed E-state index contributed by atoms with van der Waals surface area (Å²) in [5, 5.41) is 2.68. The van der Waals surface area contributed by atoms with E-state index >= 15 is 0 Å². The Kier molecular flexibility index (Phi) is 2.99. The third-order valence-electron chi connectivity index (χ3n) is 1.61. The summed E-state index contributed by atoms with van der Waals surface area (Å²) in [6.07, 6.45) is 0. The van der Waals surface area contributed by atoms with Gasteiger partial charge in [-0.25, -0.2) is 0 Å². The number of hydrogen-bond donors (Lipinski definition) is 0. The molecule has 3 heteroatoms. The molecule has 0 saturated carbocycles. The lowest BCUT2D eigenvalue weighted by molar-refractivity contribution is 1.73. The standard InChI is InChI=1S/C8H10Cl2Si/c1-11(2)6-3-4-7(9)8(10)5-6/h3-5,11H,1-2H3. The highest BCUT2D eigenvalue weighted by Crippen LogP contribution is 2.19. The zero-order chi connectivity index (χ0) is 8.43. The maximum absolute atomic E-state index is 5.85. The smallest absolute Gasteiger partial charge is 0.0648 e. The number of halogens is 2. The molecule has 0 fully saturated rings. The first-order valence-electron chi connectivity index (χ1n) is 3.56. The van der Waals surface area contributed by atoms with Gasteiger partial charge in [0.15, 0.2) is 0 Å². The molecule has 0 aliphatic rings. The van der Waals surface area contributed by atoms with E-state index in [2.05, 4.69) is 19.2 Å². The van der Waals surface area contributed by atoms with Crippen LogP contribution in [0, 0.1) is 0 Å². The molecule has 60 valence electrons. The molecule has 0 radical (unpaired) electrons. The molecule has 0 nitrogen and oxygen atoms in total. The van der Waals surface area contributed by atoms with Gasteiger partial charge < -0.3 is 0 Å². The topological polar surface area (TPSA) is 0 Å². The fraction of sp³-hybridized carbons (Fsp3) is 0.250. The van der Waals surface area contributed by atoms with Crippen LogP contribution in [0.15, 0.2) is 18.2 Å². The van der Waals surface area contributed by atoms with Crippen molar-refractivity contribution in [3.63, 3.8) is 0 Å². The van der Waals surface area contributed by atoms with E-state index in [9.17, 15) is 0 Å². The second-order valence-electron chi connectivity index (χ2n) is 2.83. The van der Waals surface area contributed by atoms with Crippen LogP contribution in [0.2, 0.25) is 23.1 Å². The highest BCUT2D eigenvalue weighted by atomic mass is 35.5. The van der Waals surface area contributed by atoms with E-state index in [1.807, 2.05) is 12.1 Å². The molecule has 1 aromatic rings. The lowest BCUT2D eigenvalue weighted by Crippen LogP contribution is -2.21. The van der Waals surface area contributed by atoms with Gasteiger partial charge in [0.25, 0.3) is 0 Å². The minimum atomic E-state index is -0.721. The summed E-state index contributed by atoms with van der Waals surface area (Å²) in [7, 11) is -0.721. The van der Waals surface area contributed by atoms with E-state index in [1.54, 1.807) is 0 Å². The van der Waals surface area contributed by atoms with Crippen LogP contribution in [-0.2, 0) is 0 Å². The fourth-order valence-electron chi connectivity index (χ4n) is 0.871. The molecule has 0 atom stereocenters. The van der Waals surface area contributed by atoms with Crippen molar-refractivity contribution in [1.82, 2.24) is 0 Å². The monoisotopic (exact) mass is 204 g/mol. The zero-order valence-corrected chi connectivity index (χ0v) is 9.23. The van der Waals surface area contributed by atoms with Crippen LogP contribution in [0.3, 0.4) is 0 Å². The summed E-state index contributed by atoms with van der Waals surface area (Å²) in [5.41, 5.74) is 0. The molecule has 0 spiro atoms. The largest absolute Gasteiger partial charge is 0.0827 e. The average Bonchev–Trinajstić information content (AvgIpc) is 1.94. The molecule has 11 heavy (non-hydrogen) atoms. The molecular formula is C8H10Cl2Si. The summed E-state index contributed by atoms with van der Waals surface area (Å²) in [6.45, 7) is 4.53. The van der Waals surface area contributed by atoms with Gasteiger partial charge in [0.2, 0.25) is 0 Å². The fourth-order valence-corrected chi connectivity index (χ4v) is 2.26. The Bertz CT molecular complexity index is 258. The van der Waals surface area contributed by atoms with Crippen LogP contribution >= 0.6 is 23.2 Å². The van der Waals surface area contributed by atoms with Crippen molar-refractivity contribution in [2.45, 2.75) is 13.1 Å². The van der Waals surface area contributed by atoms with Crippen LogP contribution < -0.4 is 5.19 Å². The van der Waals surface area contributed by atoms with Crippen LogP contribution in [0.5, 0.6) is 0 Å². The Labute approximate surface area is 78.7 Å². The van der Waals surface area contributed by atoms with Crippen LogP contribution in [-0.4, -0.2) is 8.80 Å². The molecule has 0 bridgehead atoms. The quantitative estimate of drug-likeness (QED) is 0.618. The average molecular weight is 205 g/mol. The first-order valence-corrected chi connectivity index (χ1v) is 7.20. The van der Waals surface area contributed by atoms with Crippen molar-refractivity contribution < 1.29 is 0 Å². The van der Waals surface area contributed by atoms with Crippen molar-refractivity contribution in [2.75, 3.05) is 0 Å². The molecule has 0 amide bonds. The van der Waals surface area contributed by atoms with Crippen LogP contribution in [0.4, 0.5) is 0 Å². The summed E-state index contributed by atoms with van der Waals surface area (Å²) < 4.78 is 0. The molecule has 0 aromatic heterocycles. The summed E-state index contributed by atoms with van der Waals surface area (Å²) in [6, 6.07) is 5.90. The van der Waals surface area contributed by atoms with Crippen molar-refractivity contribution in [2.24, 2.45) is 0 Å². The Hall–Kier alpha value is 0.0169. The van der Waals surface area contributed by atoms with Gasteiger partial charge in [0, 0.05) is 0 Å². The van der Waals surface area contributed by atoms with Crippen LogP contribution in [0.1, 0.15) is 0 Å². The third kappa shape index (κ3) is 2.22. The van der Waals surface area contributed by atoms with Gasteiger partial charge in [-0.2, -0.15) is 0 Å². The first-order chi connectivity index (χ1) is 5.11. The molecule has 1 aromatic carbocycles. The maximum atomic E-state index is 5.85. The van der Waals surface area contributed by atoms with E-state index in [1.165, 1.54) is 5.19 Å². The zero-order valence-electron chi connectivity index (χ0n) is 6.57. The minimum absolute atomic E-state index is 0.644. The van der Waals surface area contributed by atoms with Gasteiger partial charge in [-0.3, -0.25) is 0 Å². The summed E-state index contributed by atoms with van der Waals surface area (Å²) in [4.78, 5) is 0. The van der Waals surface area contributed by atoms with Crippen molar-refractivity contribution in [3.05, 3.63) is 28.2 Å². The summed E-state index contributed by atoms with van der Waals surface area (Å²) in [5.74, 6) is 0. The third-order valence-corrected chi connectivity index (χ3v) is 4.04. The Morgan fingerprint density at radius 3 is 2.18 bits per heavy atom. The van der Waals surface area contributed by atoms with Gasteiger partial charge in [0.1, 0.15) is 0 Å². The second kappa shape index (κ2) is 3.61. The Balaban J connectivity index is 3.05. The first kappa shape index (κ1) is 9.11. The molecule has 0 aliphatic carbocycles. The van der Waals surface area contributed by atoms with Crippen molar-refractivity contribution in [1.29, 1.82) is 0 Å². The van der Waals surface area contributed by atoms with Gasteiger partial charge in [-0.1, -0.05) is 47.5 Å². The Morgan fingerprint density at radius 1 is 1.09 bits per heavy atom. The lowest BCUT2D eigenvalue weighted by atomic mass is 10.4. The van der Waals surface area contributed by atoms with Gasteiger partial charge in [0.05, 0.1) is 18.8 Å². The highest BCUT2D eigenvalue weighted by Gasteiger charge is 2.02. The van der Waals surface area contributed by atoms with Crippen molar-refractivity contribution in [3.8, 4) is 0 Å². The molecular weight excluding hydrogens is 195 g/mol. The number of rotatable bonds is 1. The SMILES string of the molecule is C[SiH](C)c1ccc(Cl)c(Cl)c1. The second-order valence-corrected chi connectivity index (χ2v) is 6.62. The minimum Gasteiger partial charge on any atom is -0.0827 e. The molecule has 0 saturated heterocycles. The number of hydrogen-bond acceptors (Lipinski definition) is 0. The summed E-state index contributed by atoms with van der Waals surface area (Å²) >= 11 is 11.6.